The molecule has 1 saturated carbocycles. The zero-order valence-electron chi connectivity index (χ0n) is 10.0. The minimum Gasteiger partial charge on any atom is -0.321 e. The first-order chi connectivity index (χ1) is 8.12. The molecule has 1 aromatic rings. The maximum absolute atomic E-state index is 13.8. The van der Waals surface area contributed by atoms with E-state index in [0.717, 1.165) is 12.1 Å². The lowest BCUT2D eigenvalue weighted by Crippen LogP contribution is -2.35. The molecule has 1 aliphatic rings. The minimum absolute atomic E-state index is 0.0569. The molecule has 2 unspecified atom stereocenters. The van der Waals surface area contributed by atoms with Crippen molar-refractivity contribution in [3.63, 3.8) is 0 Å². The van der Waals surface area contributed by atoms with E-state index in [1.165, 1.54) is 19.1 Å². The summed E-state index contributed by atoms with van der Waals surface area (Å²) in [5, 5.41) is 0. The summed E-state index contributed by atoms with van der Waals surface area (Å²) in [5.74, 6) is 0. The number of rotatable bonds is 1. The van der Waals surface area contributed by atoms with Gasteiger partial charge in [0.15, 0.2) is 0 Å². The smallest absolute Gasteiger partial charge is 0.321 e. The summed E-state index contributed by atoms with van der Waals surface area (Å²) in [5.41, 5.74) is 3.29. The molecule has 2 rings (SSSR count). The first-order valence-corrected chi connectivity index (χ1v) is 5.78. The molecule has 0 heterocycles. The summed E-state index contributed by atoms with van der Waals surface area (Å²) in [6.45, 7) is 1.44. The van der Waals surface area contributed by atoms with E-state index in [1.807, 2.05) is 0 Å². The summed E-state index contributed by atoms with van der Waals surface area (Å²) < 4.78 is 51.7. The summed E-state index contributed by atoms with van der Waals surface area (Å²) >= 11 is 0. The highest BCUT2D eigenvalue weighted by molar-refractivity contribution is 5.32. The molecule has 0 saturated heterocycles. The second kappa shape index (κ2) is 3.95. The Balaban J connectivity index is 2.35. The van der Waals surface area contributed by atoms with E-state index in [-0.39, 0.29) is 12.8 Å². The van der Waals surface area contributed by atoms with E-state index in [9.17, 15) is 17.6 Å². The summed E-state index contributed by atoms with van der Waals surface area (Å²) in [6.07, 6.45) is -3.70. The van der Waals surface area contributed by atoms with Gasteiger partial charge in [0.25, 0.3) is 0 Å². The summed E-state index contributed by atoms with van der Waals surface area (Å²) in [7, 11) is 0. The Morgan fingerprint density at radius 1 is 1.22 bits per heavy atom. The van der Waals surface area contributed by atoms with Crippen molar-refractivity contribution < 1.29 is 17.6 Å². The predicted molar refractivity (Wildman–Crippen MR) is 60.7 cm³/mol. The highest BCUT2D eigenvalue weighted by Gasteiger charge is 2.45. The van der Waals surface area contributed by atoms with Gasteiger partial charge in [-0.3, -0.25) is 0 Å². The molecular weight excluding hydrogens is 246 g/mol. The van der Waals surface area contributed by atoms with Gasteiger partial charge in [-0.2, -0.15) is 13.2 Å². The van der Waals surface area contributed by atoms with Gasteiger partial charge < -0.3 is 5.73 Å². The lowest BCUT2D eigenvalue weighted by atomic mass is 9.87. The third-order valence-electron chi connectivity index (χ3n) is 3.54. The van der Waals surface area contributed by atoms with Crippen LogP contribution < -0.4 is 5.73 Å². The van der Waals surface area contributed by atoms with Crippen LogP contribution in [0.1, 0.15) is 37.3 Å². The number of hydrogen-bond acceptors (Lipinski definition) is 1. The fourth-order valence-electron chi connectivity index (χ4n) is 2.57. The maximum atomic E-state index is 13.8. The molecule has 100 valence electrons. The average molecular weight is 261 g/mol. The Bertz CT molecular complexity index is 453. The molecule has 0 spiro atoms. The normalized spacial score (nSPS) is 32.8. The van der Waals surface area contributed by atoms with Gasteiger partial charge in [-0.05, 0) is 37.5 Å². The Morgan fingerprint density at radius 2 is 1.89 bits per heavy atom. The number of benzene rings is 1. The van der Waals surface area contributed by atoms with Crippen LogP contribution in [-0.4, -0.2) is 5.67 Å². The molecule has 2 N–H and O–H groups in total. The van der Waals surface area contributed by atoms with Crippen LogP contribution in [0, 0.1) is 0 Å². The topological polar surface area (TPSA) is 26.0 Å². The lowest BCUT2D eigenvalue weighted by molar-refractivity contribution is -0.137. The Hall–Kier alpha value is -1.10. The Morgan fingerprint density at radius 3 is 2.39 bits per heavy atom. The monoisotopic (exact) mass is 261 g/mol. The van der Waals surface area contributed by atoms with Gasteiger partial charge in [-0.25, -0.2) is 4.39 Å². The molecule has 1 aromatic carbocycles. The second-order valence-electron chi connectivity index (χ2n) is 5.32. The van der Waals surface area contributed by atoms with E-state index in [0.29, 0.717) is 12.0 Å². The van der Waals surface area contributed by atoms with Crippen LogP contribution in [0.15, 0.2) is 24.3 Å². The number of hydrogen-bond donors (Lipinski definition) is 1. The second-order valence-corrected chi connectivity index (χ2v) is 5.32. The molecule has 2 atom stereocenters. The fraction of sp³-hybridized carbons (Fsp3) is 0.538. The van der Waals surface area contributed by atoms with Crippen molar-refractivity contribution in [2.24, 2.45) is 5.73 Å². The fourth-order valence-corrected chi connectivity index (χ4v) is 2.57. The third kappa shape index (κ3) is 2.51. The van der Waals surface area contributed by atoms with E-state index in [1.54, 1.807) is 0 Å². The van der Waals surface area contributed by atoms with E-state index in [4.69, 9.17) is 5.73 Å². The van der Waals surface area contributed by atoms with Crippen LogP contribution in [0.3, 0.4) is 0 Å². The van der Waals surface area contributed by atoms with Crippen molar-refractivity contribution in [2.45, 2.75) is 43.6 Å². The van der Waals surface area contributed by atoms with E-state index >= 15 is 0 Å². The van der Waals surface area contributed by atoms with Crippen LogP contribution in [0.4, 0.5) is 17.6 Å². The van der Waals surface area contributed by atoms with Gasteiger partial charge in [-0.1, -0.05) is 12.1 Å². The highest BCUT2D eigenvalue weighted by Crippen LogP contribution is 2.45. The molecule has 0 radical (unpaired) electrons. The summed E-state index contributed by atoms with van der Waals surface area (Å²) in [6, 6.07) is 4.88. The van der Waals surface area contributed by atoms with E-state index in [2.05, 4.69) is 0 Å². The number of alkyl halides is 4. The maximum Gasteiger partial charge on any atom is 0.416 e. The van der Waals surface area contributed by atoms with Crippen molar-refractivity contribution >= 4 is 0 Å². The third-order valence-corrected chi connectivity index (χ3v) is 3.54. The van der Waals surface area contributed by atoms with Crippen LogP contribution in [-0.2, 0) is 11.7 Å². The van der Waals surface area contributed by atoms with Gasteiger partial charge >= 0.3 is 6.18 Å². The molecule has 0 aromatic heterocycles. The van der Waals surface area contributed by atoms with Crippen LogP contribution >= 0.6 is 0 Å². The van der Waals surface area contributed by atoms with Gasteiger partial charge in [-0.15, -0.1) is 0 Å². The first-order valence-electron chi connectivity index (χ1n) is 5.78. The Kier molecular flexibility index (Phi) is 2.93. The van der Waals surface area contributed by atoms with E-state index < -0.39 is 22.9 Å². The molecule has 1 fully saturated rings. The molecule has 5 heteroatoms. The van der Waals surface area contributed by atoms with Crippen LogP contribution in [0.25, 0.3) is 0 Å². The molecule has 0 aliphatic heterocycles. The highest BCUT2D eigenvalue weighted by atomic mass is 19.4. The predicted octanol–water partition coefficient (Wildman–Crippen LogP) is 3.77. The average Bonchev–Trinajstić information content (AvgIpc) is 2.53. The standard InChI is InChI=1S/C13H15F4N/c1-11(14)5-6-12(18,8-11)9-3-2-4-10(7-9)13(15,16)17/h2-4,7H,5-6,8,18H2,1H3. The van der Waals surface area contributed by atoms with Crippen molar-refractivity contribution in [1.29, 1.82) is 0 Å². The van der Waals surface area contributed by atoms with Crippen molar-refractivity contribution in [1.82, 2.24) is 0 Å². The zero-order chi connectivity index (χ0) is 13.6. The van der Waals surface area contributed by atoms with Gasteiger partial charge in [0.2, 0.25) is 0 Å². The van der Waals surface area contributed by atoms with Crippen molar-refractivity contribution in [2.75, 3.05) is 0 Å². The van der Waals surface area contributed by atoms with Crippen LogP contribution in [0.5, 0.6) is 0 Å². The van der Waals surface area contributed by atoms with Crippen molar-refractivity contribution in [3.8, 4) is 0 Å². The zero-order valence-corrected chi connectivity index (χ0v) is 10.0. The molecule has 18 heavy (non-hydrogen) atoms. The first kappa shape index (κ1) is 13.3. The minimum atomic E-state index is -4.40. The van der Waals surface area contributed by atoms with Crippen LogP contribution in [0.2, 0.25) is 0 Å². The number of halogens is 4. The van der Waals surface area contributed by atoms with Gasteiger partial charge in [0.1, 0.15) is 5.67 Å². The lowest BCUT2D eigenvalue weighted by Gasteiger charge is -2.26. The molecule has 1 nitrogen and oxygen atoms in total. The molecular formula is C13H15F4N. The van der Waals surface area contributed by atoms with Gasteiger partial charge in [0.05, 0.1) is 5.56 Å². The van der Waals surface area contributed by atoms with Crippen molar-refractivity contribution in [3.05, 3.63) is 35.4 Å². The number of nitrogens with two attached hydrogens (primary N) is 1. The Labute approximate surface area is 103 Å². The quantitative estimate of drug-likeness (QED) is 0.765. The largest absolute Gasteiger partial charge is 0.416 e. The molecule has 0 bridgehead atoms. The summed E-state index contributed by atoms with van der Waals surface area (Å²) in [4.78, 5) is 0. The molecule has 1 aliphatic carbocycles. The molecule has 0 amide bonds. The SMILES string of the molecule is CC1(F)CCC(N)(c2cccc(C(F)(F)F)c2)C1. The van der Waals surface area contributed by atoms with Gasteiger partial charge in [0, 0.05) is 12.0 Å².